The second-order valence-corrected chi connectivity index (χ2v) is 9.69. The Morgan fingerprint density at radius 2 is 1.71 bits per heavy atom. The van der Waals surface area contributed by atoms with Crippen molar-refractivity contribution in [2.75, 3.05) is 6.54 Å². The van der Waals surface area contributed by atoms with Crippen LogP contribution in [0.15, 0.2) is 47.4 Å². The smallest absolute Gasteiger partial charge is 0.293 e. The fourth-order valence-electron chi connectivity index (χ4n) is 3.97. The monoisotopic (exact) mass is 475 g/mol. The number of carbonyl (C=O) groups is 2. The van der Waals surface area contributed by atoms with Gasteiger partial charge in [-0.3, -0.25) is 14.5 Å². The predicted molar refractivity (Wildman–Crippen MR) is 126 cm³/mol. The van der Waals surface area contributed by atoms with Crippen LogP contribution < -0.4 is 4.74 Å². The first-order valence-electron chi connectivity index (χ1n) is 10.4. The minimum absolute atomic E-state index is 0.207. The molecular formula is C24H23Cl2NO3S. The van der Waals surface area contributed by atoms with E-state index in [1.807, 2.05) is 30.3 Å². The molecular weight excluding hydrogens is 453 g/mol. The Bertz CT molecular complexity index is 980. The maximum absolute atomic E-state index is 12.8. The Morgan fingerprint density at radius 3 is 2.39 bits per heavy atom. The molecule has 0 spiro atoms. The first-order chi connectivity index (χ1) is 15.0. The number of rotatable bonds is 6. The van der Waals surface area contributed by atoms with E-state index in [0.717, 1.165) is 30.2 Å². The highest BCUT2D eigenvalue weighted by Gasteiger charge is 2.36. The number of amides is 2. The molecule has 2 aromatic carbocycles. The number of hydrogen-bond acceptors (Lipinski definition) is 4. The molecule has 7 heteroatoms. The molecule has 162 valence electrons. The van der Waals surface area contributed by atoms with Crippen molar-refractivity contribution in [1.82, 2.24) is 4.90 Å². The van der Waals surface area contributed by atoms with Crippen molar-refractivity contribution >= 4 is 52.2 Å². The fraction of sp³-hybridized carbons (Fsp3) is 0.333. The lowest BCUT2D eigenvalue weighted by molar-refractivity contribution is -0.123. The van der Waals surface area contributed by atoms with Crippen molar-refractivity contribution in [3.63, 3.8) is 0 Å². The summed E-state index contributed by atoms with van der Waals surface area (Å²) in [5.74, 6) is 0.568. The van der Waals surface area contributed by atoms with Crippen molar-refractivity contribution in [3.05, 3.63) is 68.5 Å². The summed E-state index contributed by atoms with van der Waals surface area (Å²) in [6.45, 7) is 0.857. The average Bonchev–Trinajstić information content (AvgIpc) is 3.02. The van der Waals surface area contributed by atoms with Gasteiger partial charge in [0.25, 0.3) is 11.1 Å². The molecule has 4 nitrogen and oxygen atoms in total. The van der Waals surface area contributed by atoms with E-state index in [4.69, 9.17) is 27.9 Å². The Kier molecular flexibility index (Phi) is 7.26. The lowest BCUT2D eigenvalue weighted by Gasteiger charge is -2.25. The zero-order chi connectivity index (χ0) is 21.8. The summed E-state index contributed by atoms with van der Waals surface area (Å²) in [6.07, 6.45) is 7.42. The number of ether oxygens (including phenoxy) is 1. The molecule has 1 saturated carbocycles. The molecule has 0 radical (unpaired) electrons. The molecule has 0 unspecified atom stereocenters. The van der Waals surface area contributed by atoms with E-state index >= 15 is 0 Å². The number of hydrogen-bond donors (Lipinski definition) is 0. The van der Waals surface area contributed by atoms with Crippen LogP contribution in [0.25, 0.3) is 6.08 Å². The van der Waals surface area contributed by atoms with Gasteiger partial charge in [0.2, 0.25) is 0 Å². The summed E-state index contributed by atoms with van der Waals surface area (Å²) >= 11 is 13.8. The molecule has 2 fully saturated rings. The lowest BCUT2D eigenvalue weighted by atomic mass is 9.89. The van der Waals surface area contributed by atoms with Crippen molar-refractivity contribution in [2.45, 2.75) is 38.7 Å². The van der Waals surface area contributed by atoms with Gasteiger partial charge in [-0.2, -0.15) is 0 Å². The van der Waals surface area contributed by atoms with Crippen LogP contribution in [0.5, 0.6) is 5.75 Å². The van der Waals surface area contributed by atoms with Gasteiger partial charge in [-0.05, 0) is 59.9 Å². The summed E-state index contributed by atoms with van der Waals surface area (Å²) in [4.78, 5) is 27.0. The highest BCUT2D eigenvalue weighted by Crippen LogP contribution is 2.38. The Balaban J connectivity index is 1.46. The van der Waals surface area contributed by atoms with Gasteiger partial charge in [0.15, 0.2) is 5.75 Å². The topological polar surface area (TPSA) is 46.6 Å². The summed E-state index contributed by atoms with van der Waals surface area (Å²) in [7, 11) is 0. The average molecular weight is 476 g/mol. The van der Waals surface area contributed by atoms with Gasteiger partial charge in [-0.25, -0.2) is 0 Å². The van der Waals surface area contributed by atoms with E-state index < -0.39 is 0 Å². The largest absolute Gasteiger partial charge is 0.486 e. The third kappa shape index (κ3) is 5.46. The molecule has 0 aromatic heterocycles. The number of benzene rings is 2. The summed E-state index contributed by atoms with van der Waals surface area (Å²) in [6, 6.07) is 13.1. The minimum atomic E-state index is -0.239. The molecule has 1 aliphatic heterocycles. The van der Waals surface area contributed by atoms with Crippen molar-refractivity contribution in [1.29, 1.82) is 0 Å². The van der Waals surface area contributed by atoms with Crippen LogP contribution in [0.3, 0.4) is 0 Å². The zero-order valence-corrected chi connectivity index (χ0v) is 19.3. The van der Waals surface area contributed by atoms with E-state index in [9.17, 15) is 9.59 Å². The molecule has 0 bridgehead atoms. The third-order valence-corrected chi connectivity index (χ3v) is 7.05. The molecule has 4 rings (SSSR count). The van der Waals surface area contributed by atoms with Crippen LogP contribution in [0, 0.1) is 5.92 Å². The van der Waals surface area contributed by atoms with E-state index in [0.29, 0.717) is 45.3 Å². The van der Waals surface area contributed by atoms with Crippen molar-refractivity contribution in [2.24, 2.45) is 5.92 Å². The second-order valence-electron chi connectivity index (χ2n) is 7.88. The molecule has 31 heavy (non-hydrogen) atoms. The molecule has 1 heterocycles. The number of carbonyl (C=O) groups excluding carboxylic acids is 2. The highest BCUT2D eigenvalue weighted by molar-refractivity contribution is 8.18. The molecule has 2 amide bonds. The highest BCUT2D eigenvalue weighted by atomic mass is 35.5. The summed E-state index contributed by atoms with van der Waals surface area (Å²) in [5, 5.41) is 0.508. The molecule has 2 aromatic rings. The van der Waals surface area contributed by atoms with Gasteiger partial charge in [0, 0.05) is 6.54 Å². The zero-order valence-electron chi connectivity index (χ0n) is 17.0. The van der Waals surface area contributed by atoms with E-state index in [1.165, 1.54) is 24.2 Å². The molecule has 1 aliphatic carbocycles. The van der Waals surface area contributed by atoms with Gasteiger partial charge in [-0.15, -0.1) is 0 Å². The van der Waals surface area contributed by atoms with Gasteiger partial charge >= 0.3 is 0 Å². The van der Waals surface area contributed by atoms with Gasteiger partial charge < -0.3 is 4.74 Å². The standard InChI is InChI=1S/C24H23Cl2NO3S/c25-19-11-18(12-20(26)22(19)30-15-17-9-5-2-6-10-17)13-21-23(28)27(24(29)31-21)14-16-7-3-1-4-8-16/h2,5-6,9-13,16H,1,3-4,7-8,14-15H2/b21-13+. The van der Waals surface area contributed by atoms with Crippen molar-refractivity contribution < 1.29 is 14.3 Å². The van der Waals surface area contributed by atoms with Gasteiger partial charge in [0.05, 0.1) is 15.0 Å². The van der Waals surface area contributed by atoms with Gasteiger partial charge in [-0.1, -0.05) is 72.8 Å². The summed E-state index contributed by atoms with van der Waals surface area (Å²) in [5.41, 5.74) is 1.66. The Morgan fingerprint density at radius 1 is 1.03 bits per heavy atom. The minimum Gasteiger partial charge on any atom is -0.486 e. The molecule has 1 saturated heterocycles. The maximum Gasteiger partial charge on any atom is 0.293 e. The first kappa shape index (κ1) is 22.3. The number of imide groups is 1. The van der Waals surface area contributed by atoms with Crippen LogP contribution in [-0.2, 0) is 11.4 Å². The second kappa shape index (κ2) is 10.1. The normalized spacial score (nSPS) is 18.8. The Hall–Kier alpha value is -1.95. The SMILES string of the molecule is O=C1S/C(=C/c2cc(Cl)c(OCc3ccccc3)c(Cl)c2)C(=O)N1CC1CCCCC1. The maximum atomic E-state index is 12.8. The quantitative estimate of drug-likeness (QED) is 0.414. The van der Waals surface area contributed by atoms with Crippen LogP contribution >= 0.6 is 35.0 Å². The number of nitrogens with zero attached hydrogens (tertiary/aromatic N) is 1. The predicted octanol–water partition coefficient (Wildman–Crippen LogP) is 7.19. The molecule has 2 aliphatic rings. The van der Waals surface area contributed by atoms with E-state index in [2.05, 4.69) is 0 Å². The van der Waals surface area contributed by atoms with Crippen LogP contribution in [0.1, 0.15) is 43.2 Å². The first-order valence-corrected chi connectivity index (χ1v) is 12.0. The Labute approximate surface area is 196 Å². The lowest BCUT2D eigenvalue weighted by Crippen LogP contribution is -2.34. The fourth-order valence-corrected chi connectivity index (χ4v) is 5.43. The number of thioether (sulfide) groups is 1. The summed E-state index contributed by atoms with van der Waals surface area (Å²) < 4.78 is 5.80. The molecule has 0 atom stereocenters. The van der Waals surface area contributed by atoms with Crippen LogP contribution in [0.2, 0.25) is 10.0 Å². The van der Waals surface area contributed by atoms with Crippen molar-refractivity contribution in [3.8, 4) is 5.75 Å². The van der Waals surface area contributed by atoms with Crippen LogP contribution in [0.4, 0.5) is 4.79 Å². The van der Waals surface area contributed by atoms with E-state index in [1.54, 1.807) is 18.2 Å². The molecule has 0 N–H and O–H groups in total. The number of halogens is 2. The van der Waals surface area contributed by atoms with E-state index in [-0.39, 0.29) is 11.1 Å². The van der Waals surface area contributed by atoms with Gasteiger partial charge in [0.1, 0.15) is 6.61 Å². The van der Waals surface area contributed by atoms with Crippen LogP contribution in [-0.4, -0.2) is 22.6 Å². The third-order valence-electron chi connectivity index (χ3n) is 5.58.